The lowest BCUT2D eigenvalue weighted by Crippen LogP contribution is -2.24. The van der Waals surface area contributed by atoms with E-state index < -0.39 is 0 Å². The van der Waals surface area contributed by atoms with Crippen molar-refractivity contribution in [1.82, 2.24) is 10.3 Å². The van der Waals surface area contributed by atoms with Crippen LogP contribution in [0.1, 0.15) is 50.4 Å². The van der Waals surface area contributed by atoms with Crippen LogP contribution in [-0.4, -0.2) is 11.5 Å². The Labute approximate surface area is 105 Å². The molecule has 0 bridgehead atoms. The molecule has 0 saturated carbocycles. The van der Waals surface area contributed by atoms with E-state index in [1.165, 1.54) is 11.1 Å². The smallest absolute Gasteiger partial charge is 0.0605 e. The van der Waals surface area contributed by atoms with E-state index in [0.29, 0.717) is 6.04 Å². The molecule has 94 valence electrons. The van der Waals surface area contributed by atoms with Crippen molar-refractivity contribution < 1.29 is 0 Å². The van der Waals surface area contributed by atoms with Crippen LogP contribution in [0.4, 0.5) is 0 Å². The maximum atomic E-state index is 4.52. The number of hydrogen-bond acceptors (Lipinski definition) is 2. The Bertz CT molecular complexity index is 358. The van der Waals surface area contributed by atoms with Crippen molar-refractivity contribution in [2.45, 2.75) is 46.1 Å². The molecule has 1 rings (SSSR count). The highest BCUT2D eigenvalue weighted by molar-refractivity contribution is 5.22. The summed E-state index contributed by atoms with van der Waals surface area (Å²) in [5.41, 5.74) is 3.70. The third-order valence-corrected chi connectivity index (χ3v) is 3.01. The highest BCUT2D eigenvalue weighted by Crippen LogP contribution is 2.22. The normalized spacial score (nSPS) is 12.4. The van der Waals surface area contributed by atoms with E-state index in [1.54, 1.807) is 0 Å². The quantitative estimate of drug-likeness (QED) is 0.724. The van der Waals surface area contributed by atoms with Crippen molar-refractivity contribution in [1.29, 1.82) is 0 Å². The average Bonchev–Trinajstić information content (AvgIpc) is 2.35. The highest BCUT2D eigenvalue weighted by atomic mass is 14.9. The summed E-state index contributed by atoms with van der Waals surface area (Å²) >= 11 is 0. The Hall–Kier alpha value is -1.15. The van der Waals surface area contributed by atoms with Gasteiger partial charge in [-0.05, 0) is 44.4 Å². The van der Waals surface area contributed by atoms with Crippen LogP contribution >= 0.6 is 0 Å². The first kappa shape index (κ1) is 13.9. The Morgan fingerprint density at radius 3 is 2.82 bits per heavy atom. The lowest BCUT2D eigenvalue weighted by Gasteiger charge is -2.20. The molecule has 1 aromatic heterocycles. The van der Waals surface area contributed by atoms with Gasteiger partial charge >= 0.3 is 0 Å². The minimum Gasteiger partial charge on any atom is -0.308 e. The number of nitrogens with one attached hydrogen (secondary N) is 1. The Balaban J connectivity index is 2.81. The number of rotatable bonds is 7. The van der Waals surface area contributed by atoms with Gasteiger partial charge in [0.25, 0.3) is 0 Å². The molecule has 0 radical (unpaired) electrons. The Kier molecular flexibility index (Phi) is 5.92. The van der Waals surface area contributed by atoms with E-state index in [9.17, 15) is 0 Å². The summed E-state index contributed by atoms with van der Waals surface area (Å²) in [5, 5.41) is 3.57. The molecule has 0 aromatic carbocycles. The first-order chi connectivity index (χ1) is 8.19. The van der Waals surface area contributed by atoms with Crippen LogP contribution in [0, 0.1) is 6.92 Å². The molecule has 1 unspecified atom stereocenters. The molecule has 1 heterocycles. The minimum absolute atomic E-state index is 0.309. The fourth-order valence-corrected chi connectivity index (χ4v) is 1.88. The van der Waals surface area contributed by atoms with Crippen LogP contribution in [0.3, 0.4) is 0 Å². The SMILES string of the molecule is C=C(CC)CC(NCCC)c1ncccc1C. The third-order valence-electron chi connectivity index (χ3n) is 3.01. The monoisotopic (exact) mass is 232 g/mol. The van der Waals surface area contributed by atoms with Crippen molar-refractivity contribution in [3.05, 3.63) is 41.7 Å². The van der Waals surface area contributed by atoms with Gasteiger partial charge in [-0.15, -0.1) is 0 Å². The average molecular weight is 232 g/mol. The van der Waals surface area contributed by atoms with E-state index in [1.807, 2.05) is 12.3 Å². The summed E-state index contributed by atoms with van der Waals surface area (Å²) in [5.74, 6) is 0. The molecular weight excluding hydrogens is 208 g/mol. The Morgan fingerprint density at radius 1 is 1.47 bits per heavy atom. The number of aromatic nitrogens is 1. The van der Waals surface area contributed by atoms with Crippen LogP contribution in [0.25, 0.3) is 0 Å². The molecule has 0 spiro atoms. The summed E-state index contributed by atoms with van der Waals surface area (Å²) in [7, 11) is 0. The summed E-state index contributed by atoms with van der Waals surface area (Å²) < 4.78 is 0. The molecular formula is C15H24N2. The van der Waals surface area contributed by atoms with E-state index in [0.717, 1.165) is 31.5 Å². The Morgan fingerprint density at radius 2 is 2.24 bits per heavy atom. The molecule has 0 saturated heterocycles. The molecule has 1 N–H and O–H groups in total. The minimum atomic E-state index is 0.309. The molecule has 0 fully saturated rings. The van der Waals surface area contributed by atoms with Crippen LogP contribution < -0.4 is 5.32 Å². The van der Waals surface area contributed by atoms with Crippen LogP contribution in [0.15, 0.2) is 30.5 Å². The summed E-state index contributed by atoms with van der Waals surface area (Å²) in [6, 6.07) is 4.42. The predicted octanol–water partition coefficient (Wildman–Crippen LogP) is 3.79. The van der Waals surface area contributed by atoms with E-state index in [2.05, 4.69) is 43.7 Å². The van der Waals surface area contributed by atoms with Crippen molar-refractivity contribution in [3.8, 4) is 0 Å². The topological polar surface area (TPSA) is 24.9 Å². The first-order valence-electron chi connectivity index (χ1n) is 6.50. The van der Waals surface area contributed by atoms with Gasteiger partial charge in [0.2, 0.25) is 0 Å². The number of hydrogen-bond donors (Lipinski definition) is 1. The van der Waals surface area contributed by atoms with Gasteiger partial charge in [0.1, 0.15) is 0 Å². The zero-order chi connectivity index (χ0) is 12.7. The largest absolute Gasteiger partial charge is 0.308 e. The second-order valence-corrected chi connectivity index (χ2v) is 4.52. The van der Waals surface area contributed by atoms with Crippen molar-refractivity contribution in [2.24, 2.45) is 0 Å². The molecule has 0 amide bonds. The van der Waals surface area contributed by atoms with Crippen LogP contribution in [0.2, 0.25) is 0 Å². The van der Waals surface area contributed by atoms with Crippen molar-refractivity contribution >= 4 is 0 Å². The molecule has 1 aromatic rings. The van der Waals surface area contributed by atoms with E-state index in [-0.39, 0.29) is 0 Å². The second kappa shape index (κ2) is 7.23. The molecule has 0 aliphatic rings. The molecule has 0 aliphatic carbocycles. The number of aryl methyl sites for hydroxylation is 1. The highest BCUT2D eigenvalue weighted by Gasteiger charge is 2.14. The number of nitrogens with zero attached hydrogens (tertiary/aromatic N) is 1. The van der Waals surface area contributed by atoms with Crippen LogP contribution in [-0.2, 0) is 0 Å². The molecule has 0 aliphatic heterocycles. The number of pyridine rings is 1. The van der Waals surface area contributed by atoms with Crippen molar-refractivity contribution in [3.63, 3.8) is 0 Å². The fraction of sp³-hybridized carbons (Fsp3) is 0.533. The van der Waals surface area contributed by atoms with Gasteiger partial charge < -0.3 is 5.32 Å². The lowest BCUT2D eigenvalue weighted by molar-refractivity contribution is 0.510. The van der Waals surface area contributed by atoms with Crippen molar-refractivity contribution in [2.75, 3.05) is 6.54 Å². The summed E-state index contributed by atoms with van der Waals surface area (Å²) in [6.45, 7) is 11.6. The van der Waals surface area contributed by atoms with Gasteiger partial charge in [0, 0.05) is 6.20 Å². The first-order valence-corrected chi connectivity index (χ1v) is 6.50. The fourth-order valence-electron chi connectivity index (χ4n) is 1.88. The standard InChI is InChI=1S/C15H24N2/c1-5-9-16-14(11-12(3)6-2)15-13(4)8-7-10-17-15/h7-8,10,14,16H,3,5-6,9,11H2,1-2,4H3. The maximum absolute atomic E-state index is 4.52. The van der Waals surface area contributed by atoms with Gasteiger partial charge in [0.15, 0.2) is 0 Å². The van der Waals surface area contributed by atoms with E-state index >= 15 is 0 Å². The molecule has 2 nitrogen and oxygen atoms in total. The predicted molar refractivity (Wildman–Crippen MR) is 74.1 cm³/mol. The van der Waals surface area contributed by atoms with Crippen LogP contribution in [0.5, 0.6) is 0 Å². The molecule has 1 atom stereocenters. The van der Waals surface area contributed by atoms with Gasteiger partial charge in [-0.3, -0.25) is 4.98 Å². The lowest BCUT2D eigenvalue weighted by atomic mass is 9.99. The summed E-state index contributed by atoms with van der Waals surface area (Å²) in [4.78, 5) is 4.52. The second-order valence-electron chi connectivity index (χ2n) is 4.52. The molecule has 17 heavy (non-hydrogen) atoms. The van der Waals surface area contributed by atoms with Gasteiger partial charge in [-0.25, -0.2) is 0 Å². The third kappa shape index (κ3) is 4.31. The van der Waals surface area contributed by atoms with E-state index in [4.69, 9.17) is 0 Å². The zero-order valence-corrected chi connectivity index (χ0v) is 11.3. The zero-order valence-electron chi connectivity index (χ0n) is 11.3. The van der Waals surface area contributed by atoms with Gasteiger partial charge in [0.05, 0.1) is 11.7 Å². The summed E-state index contributed by atoms with van der Waals surface area (Å²) in [6.07, 6.45) is 5.03. The van der Waals surface area contributed by atoms with Gasteiger partial charge in [-0.2, -0.15) is 0 Å². The van der Waals surface area contributed by atoms with Gasteiger partial charge in [-0.1, -0.05) is 32.1 Å². The maximum Gasteiger partial charge on any atom is 0.0605 e. The molecule has 2 heteroatoms.